The van der Waals surface area contributed by atoms with E-state index < -0.39 is 0 Å². The molecular formula is C21H27N3O. The number of hydrogen-bond donors (Lipinski definition) is 0. The minimum atomic E-state index is 0.655. The third-order valence-electron chi connectivity index (χ3n) is 4.58. The Bertz CT molecular complexity index is 691. The van der Waals surface area contributed by atoms with E-state index in [1.807, 2.05) is 12.3 Å². The zero-order chi connectivity index (χ0) is 17.5. The van der Waals surface area contributed by atoms with Gasteiger partial charge < -0.3 is 9.64 Å². The van der Waals surface area contributed by atoms with E-state index >= 15 is 0 Å². The second kappa shape index (κ2) is 8.79. The van der Waals surface area contributed by atoms with Gasteiger partial charge in [-0.25, -0.2) is 4.98 Å². The molecule has 4 nitrogen and oxygen atoms in total. The number of benzene rings is 1. The zero-order valence-corrected chi connectivity index (χ0v) is 15.2. The summed E-state index contributed by atoms with van der Waals surface area (Å²) >= 11 is 0. The van der Waals surface area contributed by atoms with Gasteiger partial charge in [-0.05, 0) is 30.2 Å². The van der Waals surface area contributed by atoms with Gasteiger partial charge >= 0.3 is 0 Å². The summed E-state index contributed by atoms with van der Waals surface area (Å²) in [7, 11) is 1.74. The predicted molar refractivity (Wildman–Crippen MR) is 104 cm³/mol. The molecule has 1 aliphatic heterocycles. The van der Waals surface area contributed by atoms with Crippen molar-refractivity contribution >= 4 is 11.9 Å². The van der Waals surface area contributed by atoms with Crippen LogP contribution in [-0.2, 0) is 11.3 Å². The number of hydrogen-bond acceptors (Lipinski definition) is 4. The Morgan fingerprint density at radius 1 is 1.08 bits per heavy atom. The predicted octanol–water partition coefficient (Wildman–Crippen LogP) is 3.45. The van der Waals surface area contributed by atoms with Crippen molar-refractivity contribution in [3.63, 3.8) is 0 Å². The van der Waals surface area contributed by atoms with E-state index in [9.17, 15) is 0 Å². The third kappa shape index (κ3) is 4.91. The Morgan fingerprint density at radius 2 is 1.84 bits per heavy atom. The third-order valence-corrected chi connectivity index (χ3v) is 4.58. The van der Waals surface area contributed by atoms with Crippen molar-refractivity contribution in [3.8, 4) is 0 Å². The van der Waals surface area contributed by atoms with Crippen molar-refractivity contribution in [2.24, 2.45) is 0 Å². The van der Waals surface area contributed by atoms with Crippen LogP contribution in [-0.4, -0.2) is 49.7 Å². The highest BCUT2D eigenvalue weighted by molar-refractivity contribution is 5.56. The fourth-order valence-corrected chi connectivity index (χ4v) is 3.30. The highest BCUT2D eigenvalue weighted by atomic mass is 16.5. The molecule has 25 heavy (non-hydrogen) atoms. The van der Waals surface area contributed by atoms with Crippen LogP contribution < -0.4 is 4.90 Å². The van der Waals surface area contributed by atoms with Gasteiger partial charge in [-0.1, -0.05) is 42.0 Å². The normalized spacial score (nSPS) is 16.2. The molecule has 3 rings (SSSR count). The molecule has 2 heterocycles. The van der Waals surface area contributed by atoms with Crippen molar-refractivity contribution in [1.82, 2.24) is 9.88 Å². The molecule has 0 bridgehead atoms. The van der Waals surface area contributed by atoms with Gasteiger partial charge in [0.05, 0.1) is 6.61 Å². The summed E-state index contributed by atoms with van der Waals surface area (Å²) in [6, 6.07) is 14.6. The number of nitrogens with zero attached hydrogens (tertiary/aromatic N) is 3. The first kappa shape index (κ1) is 17.6. The van der Waals surface area contributed by atoms with Crippen molar-refractivity contribution in [2.75, 3.05) is 44.7 Å². The van der Waals surface area contributed by atoms with Crippen LogP contribution in [0.15, 0.2) is 54.2 Å². The Balaban J connectivity index is 1.57. The van der Waals surface area contributed by atoms with Gasteiger partial charge in [-0.2, -0.15) is 0 Å². The molecule has 0 unspecified atom stereocenters. The van der Waals surface area contributed by atoms with E-state index in [1.165, 1.54) is 16.7 Å². The van der Waals surface area contributed by atoms with Crippen molar-refractivity contribution in [3.05, 3.63) is 65.4 Å². The molecule has 1 aromatic carbocycles. The molecule has 1 aliphatic rings. The van der Waals surface area contributed by atoms with Crippen LogP contribution in [0.3, 0.4) is 0 Å². The average Bonchev–Trinajstić information content (AvgIpc) is 2.65. The van der Waals surface area contributed by atoms with Crippen LogP contribution >= 0.6 is 0 Å². The first-order valence-corrected chi connectivity index (χ1v) is 8.88. The van der Waals surface area contributed by atoms with E-state index in [4.69, 9.17) is 4.74 Å². The van der Waals surface area contributed by atoms with Crippen LogP contribution in [0.1, 0.15) is 18.1 Å². The maximum absolute atomic E-state index is 5.30. The topological polar surface area (TPSA) is 28.6 Å². The van der Waals surface area contributed by atoms with Gasteiger partial charge in [0, 0.05) is 46.0 Å². The minimum Gasteiger partial charge on any atom is -0.380 e. The summed E-state index contributed by atoms with van der Waals surface area (Å²) in [6.45, 7) is 8.09. The lowest BCUT2D eigenvalue weighted by Gasteiger charge is -2.35. The lowest BCUT2D eigenvalue weighted by atomic mass is 10.1. The molecule has 4 heteroatoms. The maximum atomic E-state index is 5.30. The van der Waals surface area contributed by atoms with Gasteiger partial charge in [0.1, 0.15) is 5.82 Å². The van der Waals surface area contributed by atoms with Gasteiger partial charge in [0.15, 0.2) is 0 Å². The van der Waals surface area contributed by atoms with E-state index in [-0.39, 0.29) is 0 Å². The largest absolute Gasteiger partial charge is 0.380 e. The number of ether oxygens (including phenoxy) is 1. The standard InChI is InChI=1S/C21H27N3O/c1-18(15-19-7-3-4-8-20(19)17-25-2)16-23-11-13-24(14-12-23)21-9-5-6-10-22-21/h3-10,15H,11-14,16-17H2,1-2H3/b18-15+. The minimum absolute atomic E-state index is 0.655. The Labute approximate surface area is 150 Å². The van der Waals surface area contributed by atoms with Crippen LogP contribution in [0.25, 0.3) is 6.08 Å². The average molecular weight is 337 g/mol. The van der Waals surface area contributed by atoms with Crippen molar-refractivity contribution < 1.29 is 4.74 Å². The van der Waals surface area contributed by atoms with E-state index in [0.717, 1.165) is 38.5 Å². The summed E-state index contributed by atoms with van der Waals surface area (Å²) in [6.07, 6.45) is 4.16. The van der Waals surface area contributed by atoms with Crippen LogP contribution in [0, 0.1) is 0 Å². The van der Waals surface area contributed by atoms with E-state index in [1.54, 1.807) is 7.11 Å². The second-order valence-electron chi connectivity index (χ2n) is 6.57. The molecular weight excluding hydrogens is 310 g/mol. The quantitative estimate of drug-likeness (QED) is 0.807. The number of rotatable bonds is 6. The smallest absolute Gasteiger partial charge is 0.128 e. The summed E-state index contributed by atoms with van der Waals surface area (Å²) < 4.78 is 5.30. The SMILES string of the molecule is COCc1ccccc1/C=C(\C)CN1CCN(c2ccccn2)CC1. The van der Waals surface area contributed by atoms with Crippen LogP contribution in [0.4, 0.5) is 5.82 Å². The molecule has 0 N–H and O–H groups in total. The van der Waals surface area contributed by atoms with Gasteiger partial charge in [-0.15, -0.1) is 0 Å². The summed E-state index contributed by atoms with van der Waals surface area (Å²) in [5.41, 5.74) is 3.88. The van der Waals surface area contributed by atoms with Gasteiger partial charge in [-0.3, -0.25) is 4.90 Å². The van der Waals surface area contributed by atoms with Crippen molar-refractivity contribution in [2.45, 2.75) is 13.5 Å². The first-order valence-electron chi connectivity index (χ1n) is 8.88. The fourth-order valence-electron chi connectivity index (χ4n) is 3.30. The zero-order valence-electron chi connectivity index (χ0n) is 15.2. The molecule has 2 aromatic rings. The molecule has 1 aromatic heterocycles. The monoisotopic (exact) mass is 337 g/mol. The summed E-state index contributed by atoms with van der Waals surface area (Å²) in [4.78, 5) is 9.34. The number of aromatic nitrogens is 1. The Hall–Kier alpha value is -2.17. The maximum Gasteiger partial charge on any atom is 0.128 e. The molecule has 1 fully saturated rings. The van der Waals surface area contributed by atoms with E-state index in [0.29, 0.717) is 6.61 Å². The molecule has 0 radical (unpaired) electrons. The molecule has 0 saturated carbocycles. The Morgan fingerprint density at radius 3 is 2.56 bits per heavy atom. The number of piperazine rings is 1. The molecule has 0 atom stereocenters. The Kier molecular flexibility index (Phi) is 6.20. The fraction of sp³-hybridized carbons (Fsp3) is 0.381. The lowest BCUT2D eigenvalue weighted by Crippen LogP contribution is -2.47. The highest BCUT2D eigenvalue weighted by Gasteiger charge is 2.17. The molecule has 0 spiro atoms. The van der Waals surface area contributed by atoms with Gasteiger partial charge in [0.25, 0.3) is 0 Å². The number of anilines is 1. The lowest BCUT2D eigenvalue weighted by molar-refractivity contribution is 0.184. The molecule has 0 aliphatic carbocycles. The van der Waals surface area contributed by atoms with Crippen LogP contribution in [0.5, 0.6) is 0 Å². The number of methoxy groups -OCH3 is 1. The number of pyridine rings is 1. The van der Waals surface area contributed by atoms with E-state index in [2.05, 4.69) is 64.2 Å². The van der Waals surface area contributed by atoms with Gasteiger partial charge in [0.2, 0.25) is 0 Å². The summed E-state index contributed by atoms with van der Waals surface area (Å²) in [5.74, 6) is 1.09. The highest BCUT2D eigenvalue weighted by Crippen LogP contribution is 2.16. The molecule has 132 valence electrons. The second-order valence-corrected chi connectivity index (χ2v) is 6.57. The van der Waals surface area contributed by atoms with Crippen molar-refractivity contribution in [1.29, 1.82) is 0 Å². The molecule has 0 amide bonds. The van der Waals surface area contributed by atoms with Crippen LogP contribution in [0.2, 0.25) is 0 Å². The first-order chi connectivity index (χ1) is 12.3. The molecule has 1 saturated heterocycles. The summed E-state index contributed by atoms with van der Waals surface area (Å²) in [5, 5.41) is 0.